The Kier molecular flexibility index (Phi) is 5.56. The Morgan fingerprint density at radius 2 is 1.68 bits per heavy atom. The highest BCUT2D eigenvalue weighted by Gasteiger charge is 2.19. The van der Waals surface area contributed by atoms with Gasteiger partial charge >= 0.3 is 5.97 Å². The zero-order chi connectivity index (χ0) is 22.0. The predicted molar refractivity (Wildman–Crippen MR) is 122 cm³/mol. The lowest BCUT2D eigenvalue weighted by molar-refractivity contribution is 0.0697. The molecule has 0 amide bonds. The van der Waals surface area contributed by atoms with Crippen LogP contribution in [0.3, 0.4) is 0 Å². The standard InChI is InChI=1S/C25H23N3O3/c1-28(2)15-16-8-11-19(12-9-16)26-23(17-6-4-3-5-7-17)22-20-13-10-18(25(30)31)14-21(20)27-24(22)29/h3-14,27,29H,15H2,1-2H3,(H,30,31). The van der Waals surface area contributed by atoms with Gasteiger partial charge in [0.25, 0.3) is 0 Å². The van der Waals surface area contributed by atoms with E-state index in [1.54, 1.807) is 6.07 Å². The second-order valence-electron chi connectivity index (χ2n) is 7.64. The summed E-state index contributed by atoms with van der Waals surface area (Å²) in [7, 11) is 4.05. The maximum absolute atomic E-state index is 11.3. The van der Waals surface area contributed by atoms with Gasteiger partial charge in [0.1, 0.15) is 0 Å². The molecule has 1 aromatic heterocycles. The predicted octanol–water partition coefficient (Wildman–Crippen LogP) is 4.80. The Balaban J connectivity index is 1.86. The van der Waals surface area contributed by atoms with Crippen LogP contribution in [0.5, 0.6) is 5.88 Å². The van der Waals surface area contributed by atoms with Crippen molar-refractivity contribution < 1.29 is 15.0 Å². The number of fused-ring (bicyclic) bond motifs is 1. The molecule has 0 aliphatic heterocycles. The zero-order valence-electron chi connectivity index (χ0n) is 17.3. The number of hydrogen-bond donors (Lipinski definition) is 3. The number of rotatable bonds is 6. The topological polar surface area (TPSA) is 88.9 Å². The summed E-state index contributed by atoms with van der Waals surface area (Å²) < 4.78 is 0. The number of carboxylic acids is 1. The first-order chi connectivity index (χ1) is 14.9. The molecule has 0 spiro atoms. The maximum atomic E-state index is 11.3. The number of nitrogens with zero attached hydrogens (tertiary/aromatic N) is 2. The lowest BCUT2D eigenvalue weighted by Gasteiger charge is -2.10. The Bertz CT molecular complexity index is 1260. The van der Waals surface area contributed by atoms with E-state index in [1.807, 2.05) is 68.7 Å². The van der Waals surface area contributed by atoms with Crippen molar-refractivity contribution in [2.24, 2.45) is 4.99 Å². The SMILES string of the molecule is CN(C)Cc1ccc(N=C(c2ccccc2)c2c(O)[nH]c3cc(C(=O)O)ccc23)cc1. The summed E-state index contributed by atoms with van der Waals surface area (Å²) in [6.07, 6.45) is 0. The van der Waals surface area contributed by atoms with Gasteiger partial charge in [0.05, 0.1) is 22.5 Å². The highest BCUT2D eigenvalue weighted by atomic mass is 16.4. The van der Waals surface area contributed by atoms with Crippen LogP contribution in [0.2, 0.25) is 0 Å². The molecule has 0 saturated heterocycles. The van der Waals surface area contributed by atoms with E-state index in [0.717, 1.165) is 17.8 Å². The Labute approximate surface area is 180 Å². The van der Waals surface area contributed by atoms with Crippen molar-refractivity contribution in [3.05, 3.63) is 95.1 Å². The molecule has 0 aliphatic carbocycles. The van der Waals surface area contributed by atoms with E-state index in [2.05, 4.69) is 9.88 Å². The summed E-state index contributed by atoms with van der Waals surface area (Å²) in [5.74, 6) is -1.07. The largest absolute Gasteiger partial charge is 0.494 e. The van der Waals surface area contributed by atoms with E-state index in [4.69, 9.17) is 4.99 Å². The smallest absolute Gasteiger partial charge is 0.335 e. The molecule has 156 valence electrons. The minimum atomic E-state index is -1.02. The molecule has 3 N–H and O–H groups in total. The Morgan fingerprint density at radius 3 is 2.32 bits per heavy atom. The molecule has 0 fully saturated rings. The molecule has 0 aliphatic rings. The number of aromatic nitrogens is 1. The summed E-state index contributed by atoms with van der Waals surface area (Å²) in [6.45, 7) is 0.838. The number of carbonyl (C=O) groups is 1. The summed E-state index contributed by atoms with van der Waals surface area (Å²) in [5, 5.41) is 20.7. The highest BCUT2D eigenvalue weighted by molar-refractivity contribution is 6.22. The quantitative estimate of drug-likeness (QED) is 0.396. The lowest BCUT2D eigenvalue weighted by atomic mass is 10.00. The fraction of sp³-hybridized carbons (Fsp3) is 0.120. The average Bonchev–Trinajstić information content (AvgIpc) is 3.08. The van der Waals surface area contributed by atoms with Crippen molar-refractivity contribution in [2.45, 2.75) is 6.54 Å². The number of benzene rings is 3. The number of aliphatic imine (C=N–C) groups is 1. The van der Waals surface area contributed by atoms with Crippen molar-refractivity contribution in [2.75, 3.05) is 14.1 Å². The van der Waals surface area contributed by atoms with E-state index in [9.17, 15) is 15.0 Å². The summed E-state index contributed by atoms with van der Waals surface area (Å²) >= 11 is 0. The normalized spacial score (nSPS) is 11.9. The molecule has 1 heterocycles. The highest BCUT2D eigenvalue weighted by Crippen LogP contribution is 2.32. The molecule has 0 unspecified atom stereocenters. The first-order valence-corrected chi connectivity index (χ1v) is 9.88. The number of aromatic carboxylic acids is 1. The zero-order valence-corrected chi connectivity index (χ0v) is 17.3. The van der Waals surface area contributed by atoms with Gasteiger partial charge in [-0.05, 0) is 43.9 Å². The minimum Gasteiger partial charge on any atom is -0.494 e. The van der Waals surface area contributed by atoms with Crippen molar-refractivity contribution >= 4 is 28.3 Å². The van der Waals surface area contributed by atoms with Crippen molar-refractivity contribution in [3.8, 4) is 5.88 Å². The Hall–Kier alpha value is -3.90. The van der Waals surface area contributed by atoms with E-state index >= 15 is 0 Å². The fourth-order valence-corrected chi connectivity index (χ4v) is 3.59. The van der Waals surface area contributed by atoms with Gasteiger partial charge in [-0.1, -0.05) is 48.5 Å². The van der Waals surface area contributed by atoms with Gasteiger partial charge in [-0.3, -0.25) is 0 Å². The number of aromatic hydroxyl groups is 1. The molecule has 0 bridgehead atoms. The third-order valence-electron chi connectivity index (χ3n) is 4.99. The second-order valence-corrected chi connectivity index (χ2v) is 7.64. The first kappa shape index (κ1) is 20.4. The van der Waals surface area contributed by atoms with Crippen molar-refractivity contribution in [3.63, 3.8) is 0 Å². The average molecular weight is 413 g/mol. The van der Waals surface area contributed by atoms with Crippen LogP contribution in [-0.4, -0.2) is 45.9 Å². The lowest BCUT2D eigenvalue weighted by Crippen LogP contribution is -2.10. The molecular weight excluding hydrogens is 390 g/mol. The van der Waals surface area contributed by atoms with E-state index in [1.165, 1.54) is 17.7 Å². The van der Waals surface area contributed by atoms with E-state index < -0.39 is 5.97 Å². The number of hydrogen-bond acceptors (Lipinski definition) is 4. The van der Waals surface area contributed by atoms with E-state index in [0.29, 0.717) is 22.2 Å². The van der Waals surface area contributed by atoms with Gasteiger partial charge in [-0.2, -0.15) is 0 Å². The molecular formula is C25H23N3O3. The Morgan fingerprint density at radius 1 is 0.968 bits per heavy atom. The first-order valence-electron chi connectivity index (χ1n) is 9.88. The van der Waals surface area contributed by atoms with Crippen LogP contribution < -0.4 is 0 Å². The van der Waals surface area contributed by atoms with Crippen molar-refractivity contribution in [1.29, 1.82) is 0 Å². The molecule has 6 heteroatoms. The molecule has 0 atom stereocenters. The third kappa shape index (κ3) is 4.34. The van der Waals surface area contributed by atoms with Gasteiger partial charge in [0, 0.05) is 23.0 Å². The molecule has 3 aromatic carbocycles. The van der Waals surface area contributed by atoms with Gasteiger partial charge in [0.15, 0.2) is 5.88 Å². The molecule has 4 aromatic rings. The van der Waals surface area contributed by atoms with Crippen LogP contribution in [0.25, 0.3) is 10.9 Å². The van der Waals surface area contributed by atoms with Crippen molar-refractivity contribution in [1.82, 2.24) is 9.88 Å². The number of nitrogens with one attached hydrogen (secondary N) is 1. The second kappa shape index (κ2) is 8.45. The van der Waals surface area contributed by atoms with Crippen LogP contribution >= 0.6 is 0 Å². The van der Waals surface area contributed by atoms with Gasteiger partial charge < -0.3 is 20.1 Å². The van der Waals surface area contributed by atoms with Gasteiger partial charge in [-0.25, -0.2) is 9.79 Å². The van der Waals surface area contributed by atoms with Crippen LogP contribution in [0.15, 0.2) is 77.8 Å². The third-order valence-corrected chi connectivity index (χ3v) is 4.99. The number of H-pyrrole nitrogens is 1. The molecule has 0 saturated carbocycles. The summed E-state index contributed by atoms with van der Waals surface area (Å²) in [4.78, 5) is 21.2. The maximum Gasteiger partial charge on any atom is 0.335 e. The fourth-order valence-electron chi connectivity index (χ4n) is 3.59. The molecule has 6 nitrogen and oxygen atoms in total. The van der Waals surface area contributed by atoms with Crippen LogP contribution in [-0.2, 0) is 6.54 Å². The summed E-state index contributed by atoms with van der Waals surface area (Å²) in [5.41, 5.74) is 4.62. The van der Waals surface area contributed by atoms with Crippen LogP contribution in [0.1, 0.15) is 27.0 Å². The summed E-state index contributed by atoms with van der Waals surface area (Å²) in [6, 6.07) is 22.3. The van der Waals surface area contributed by atoms with Crippen LogP contribution in [0, 0.1) is 0 Å². The molecule has 4 rings (SSSR count). The minimum absolute atomic E-state index is 0.0515. The molecule has 0 radical (unpaired) electrons. The number of carboxylic acid groups (broad SMARTS) is 1. The van der Waals surface area contributed by atoms with E-state index in [-0.39, 0.29) is 11.4 Å². The van der Waals surface area contributed by atoms with Crippen LogP contribution in [0.4, 0.5) is 5.69 Å². The number of aromatic amines is 1. The van der Waals surface area contributed by atoms with Gasteiger partial charge in [-0.15, -0.1) is 0 Å². The van der Waals surface area contributed by atoms with Gasteiger partial charge in [0.2, 0.25) is 0 Å². The monoisotopic (exact) mass is 413 g/mol. The molecule has 31 heavy (non-hydrogen) atoms.